The number of piperazine rings is 1. The number of thiophene rings is 1. The highest BCUT2D eigenvalue weighted by Gasteiger charge is 2.34. The predicted molar refractivity (Wildman–Crippen MR) is 97.9 cm³/mol. The van der Waals surface area contributed by atoms with Crippen molar-refractivity contribution in [3.8, 4) is 0 Å². The second-order valence-electron chi connectivity index (χ2n) is 6.84. The highest BCUT2D eigenvalue weighted by atomic mass is 32.1. The molecule has 2 rings (SSSR count). The van der Waals surface area contributed by atoms with Gasteiger partial charge in [-0.2, -0.15) is 0 Å². The van der Waals surface area contributed by atoms with Gasteiger partial charge < -0.3 is 9.64 Å². The molecular weight excluding hydrogens is 308 g/mol. The summed E-state index contributed by atoms with van der Waals surface area (Å²) in [4.78, 5) is 18.0. The average Bonchev–Trinajstić information content (AvgIpc) is 2.95. The first-order chi connectivity index (χ1) is 10.8. The minimum Gasteiger partial charge on any atom is -0.444 e. The molecule has 1 aliphatic heterocycles. The quantitative estimate of drug-likeness (QED) is 0.788. The zero-order valence-electron chi connectivity index (χ0n) is 15.6. The first kappa shape index (κ1) is 20.0. The Labute approximate surface area is 145 Å². The molecule has 0 aromatic carbocycles. The van der Waals surface area contributed by atoms with E-state index < -0.39 is 5.60 Å². The van der Waals surface area contributed by atoms with Crippen LogP contribution >= 0.6 is 11.3 Å². The minimum atomic E-state index is -0.436. The Morgan fingerprint density at radius 2 is 1.91 bits per heavy atom. The van der Waals surface area contributed by atoms with Gasteiger partial charge in [-0.05, 0) is 46.1 Å². The molecule has 0 spiro atoms. The maximum absolute atomic E-state index is 12.3. The zero-order chi connectivity index (χ0) is 17.6. The summed E-state index contributed by atoms with van der Waals surface area (Å²) >= 11 is 1.79. The van der Waals surface area contributed by atoms with Gasteiger partial charge >= 0.3 is 6.09 Å². The summed E-state index contributed by atoms with van der Waals surface area (Å²) in [6, 6.07) is 4.78. The van der Waals surface area contributed by atoms with Gasteiger partial charge in [-0.15, -0.1) is 11.3 Å². The van der Waals surface area contributed by atoms with E-state index in [0.717, 1.165) is 19.6 Å². The van der Waals surface area contributed by atoms with Crippen molar-refractivity contribution < 1.29 is 9.53 Å². The SMILES string of the molecule is CC.CC1CN(Cc2cccs2)[C@@H](C)CN1C(=O)OC(C)(C)C. The molecule has 1 fully saturated rings. The van der Waals surface area contributed by atoms with Crippen LogP contribution in [0.3, 0.4) is 0 Å². The molecule has 1 amide bonds. The van der Waals surface area contributed by atoms with Crippen LogP contribution in [0.2, 0.25) is 0 Å². The van der Waals surface area contributed by atoms with E-state index >= 15 is 0 Å². The van der Waals surface area contributed by atoms with Gasteiger partial charge in [-0.3, -0.25) is 4.90 Å². The number of hydrogen-bond donors (Lipinski definition) is 0. The monoisotopic (exact) mass is 340 g/mol. The van der Waals surface area contributed by atoms with Crippen molar-refractivity contribution in [1.29, 1.82) is 0 Å². The number of carbonyl (C=O) groups is 1. The number of rotatable bonds is 2. The van der Waals surface area contributed by atoms with Gasteiger partial charge in [-0.1, -0.05) is 19.9 Å². The maximum atomic E-state index is 12.3. The van der Waals surface area contributed by atoms with Crippen LogP contribution in [-0.2, 0) is 11.3 Å². The van der Waals surface area contributed by atoms with Gasteiger partial charge in [-0.25, -0.2) is 4.79 Å². The molecule has 0 bridgehead atoms. The Morgan fingerprint density at radius 1 is 1.26 bits per heavy atom. The van der Waals surface area contributed by atoms with Crippen LogP contribution in [-0.4, -0.2) is 46.7 Å². The van der Waals surface area contributed by atoms with E-state index in [1.165, 1.54) is 4.88 Å². The number of ether oxygens (including phenoxy) is 1. The van der Waals surface area contributed by atoms with Crippen LogP contribution in [0.15, 0.2) is 17.5 Å². The molecular formula is C18H32N2O2S. The third-order valence-electron chi connectivity index (χ3n) is 3.68. The highest BCUT2D eigenvalue weighted by molar-refractivity contribution is 7.09. The molecule has 5 heteroatoms. The number of nitrogens with zero attached hydrogens (tertiary/aromatic N) is 2. The summed E-state index contributed by atoms with van der Waals surface area (Å²) in [6.45, 7) is 16.6. The van der Waals surface area contributed by atoms with Crippen LogP contribution in [0.4, 0.5) is 4.79 Å². The van der Waals surface area contributed by atoms with Crippen LogP contribution in [0.25, 0.3) is 0 Å². The molecule has 0 radical (unpaired) electrons. The molecule has 0 saturated carbocycles. The summed E-state index contributed by atoms with van der Waals surface area (Å²) in [5, 5.41) is 2.11. The zero-order valence-corrected chi connectivity index (χ0v) is 16.4. The van der Waals surface area contributed by atoms with E-state index in [1.807, 2.05) is 39.5 Å². The van der Waals surface area contributed by atoms with Crippen LogP contribution in [0, 0.1) is 0 Å². The highest BCUT2D eigenvalue weighted by Crippen LogP contribution is 2.22. The van der Waals surface area contributed by atoms with Gasteiger partial charge in [0.2, 0.25) is 0 Å². The van der Waals surface area contributed by atoms with Crippen LogP contribution < -0.4 is 0 Å². The van der Waals surface area contributed by atoms with Crippen molar-refractivity contribution in [2.75, 3.05) is 13.1 Å². The molecule has 2 heterocycles. The maximum Gasteiger partial charge on any atom is 0.410 e. The third-order valence-corrected chi connectivity index (χ3v) is 4.54. The molecule has 1 unspecified atom stereocenters. The van der Waals surface area contributed by atoms with E-state index in [0.29, 0.717) is 6.04 Å². The first-order valence-electron chi connectivity index (χ1n) is 8.52. The van der Waals surface area contributed by atoms with E-state index in [1.54, 1.807) is 11.3 Å². The minimum absolute atomic E-state index is 0.177. The van der Waals surface area contributed by atoms with Crippen molar-refractivity contribution in [3.63, 3.8) is 0 Å². The molecule has 23 heavy (non-hydrogen) atoms. The Hall–Kier alpha value is -1.07. The van der Waals surface area contributed by atoms with Gasteiger partial charge in [0.1, 0.15) is 5.60 Å². The lowest BCUT2D eigenvalue weighted by Gasteiger charge is -2.44. The number of carbonyl (C=O) groups excluding carboxylic acids is 1. The molecule has 0 aliphatic carbocycles. The molecule has 4 nitrogen and oxygen atoms in total. The topological polar surface area (TPSA) is 32.8 Å². The molecule has 1 saturated heterocycles. The molecule has 1 aromatic heterocycles. The summed E-state index contributed by atoms with van der Waals surface area (Å²) in [7, 11) is 0. The summed E-state index contributed by atoms with van der Waals surface area (Å²) in [5.74, 6) is 0. The van der Waals surface area contributed by atoms with Crippen molar-refractivity contribution in [2.24, 2.45) is 0 Å². The summed E-state index contributed by atoms with van der Waals surface area (Å²) in [5.41, 5.74) is -0.436. The molecule has 132 valence electrons. The molecule has 1 aliphatic rings. The number of amides is 1. The lowest BCUT2D eigenvalue weighted by Crippen LogP contribution is -2.58. The van der Waals surface area contributed by atoms with E-state index in [-0.39, 0.29) is 12.1 Å². The number of hydrogen-bond acceptors (Lipinski definition) is 4. The Balaban J connectivity index is 0.00000127. The van der Waals surface area contributed by atoms with Crippen molar-refractivity contribution in [3.05, 3.63) is 22.4 Å². The van der Waals surface area contributed by atoms with Gasteiger partial charge in [0, 0.05) is 36.6 Å². The third kappa shape index (κ3) is 6.15. The Bertz CT molecular complexity index is 468. The van der Waals surface area contributed by atoms with Crippen LogP contribution in [0.5, 0.6) is 0 Å². The fourth-order valence-electron chi connectivity index (χ4n) is 2.60. The fourth-order valence-corrected chi connectivity index (χ4v) is 3.33. The van der Waals surface area contributed by atoms with E-state index in [4.69, 9.17) is 4.74 Å². The van der Waals surface area contributed by atoms with Crippen molar-refractivity contribution >= 4 is 17.4 Å². The standard InChI is InChI=1S/C16H26N2O2S.C2H6/c1-12-10-18(15(19)20-16(3,4)5)13(2)9-17(12)11-14-7-6-8-21-14;1-2/h6-8,12-13H,9-11H2,1-5H3;1-2H3/t12-,13?;/m0./s1. The normalized spacial score (nSPS) is 22.3. The predicted octanol–water partition coefficient (Wildman–Crippen LogP) is 4.60. The second-order valence-corrected chi connectivity index (χ2v) is 7.87. The Kier molecular flexibility index (Phi) is 7.55. The van der Waals surface area contributed by atoms with Crippen molar-refractivity contribution in [1.82, 2.24) is 9.80 Å². The lowest BCUT2D eigenvalue weighted by molar-refractivity contribution is -0.0115. The second kappa shape index (κ2) is 8.69. The largest absolute Gasteiger partial charge is 0.444 e. The Morgan fingerprint density at radius 3 is 2.43 bits per heavy atom. The van der Waals surface area contributed by atoms with Gasteiger partial charge in [0.25, 0.3) is 0 Å². The summed E-state index contributed by atoms with van der Waals surface area (Å²) < 4.78 is 5.51. The fraction of sp³-hybridized carbons (Fsp3) is 0.722. The molecule has 1 aromatic rings. The average molecular weight is 341 g/mol. The molecule has 2 atom stereocenters. The summed E-state index contributed by atoms with van der Waals surface area (Å²) in [6.07, 6.45) is -0.197. The smallest absolute Gasteiger partial charge is 0.410 e. The lowest BCUT2D eigenvalue weighted by atomic mass is 10.1. The van der Waals surface area contributed by atoms with Gasteiger partial charge in [0.05, 0.1) is 0 Å². The van der Waals surface area contributed by atoms with Gasteiger partial charge in [0.15, 0.2) is 0 Å². The first-order valence-corrected chi connectivity index (χ1v) is 9.40. The van der Waals surface area contributed by atoms with Crippen LogP contribution in [0.1, 0.15) is 53.3 Å². The van der Waals surface area contributed by atoms with E-state index in [2.05, 4.69) is 36.3 Å². The van der Waals surface area contributed by atoms with Crippen molar-refractivity contribution in [2.45, 2.75) is 72.7 Å². The molecule has 0 N–H and O–H groups in total. The van der Waals surface area contributed by atoms with E-state index in [9.17, 15) is 4.79 Å².